The maximum atomic E-state index is 13.1. The smallest absolute Gasteiger partial charge is 0.243 e. The van der Waals surface area contributed by atoms with Crippen LogP contribution in [-0.4, -0.2) is 63.1 Å². The summed E-state index contributed by atoms with van der Waals surface area (Å²) < 4.78 is 18.4. The van der Waals surface area contributed by atoms with Crippen molar-refractivity contribution in [3.63, 3.8) is 0 Å². The van der Waals surface area contributed by atoms with Gasteiger partial charge in [-0.25, -0.2) is 4.39 Å². The molecule has 31 heavy (non-hydrogen) atoms. The largest absolute Gasteiger partial charge is 0.495 e. The number of carbonyl (C=O) groups is 2. The van der Waals surface area contributed by atoms with E-state index in [1.54, 1.807) is 25.3 Å². The zero-order chi connectivity index (χ0) is 22.2. The normalized spacial score (nSPS) is 14.6. The van der Waals surface area contributed by atoms with E-state index in [1.165, 1.54) is 12.1 Å². The summed E-state index contributed by atoms with van der Waals surface area (Å²) in [5, 5.41) is 5.46. The van der Waals surface area contributed by atoms with Gasteiger partial charge in [0.1, 0.15) is 11.6 Å². The quantitative estimate of drug-likeness (QED) is 0.709. The first kappa shape index (κ1) is 22.6. The molecule has 0 saturated carbocycles. The Hall–Kier alpha value is -3.13. The van der Waals surface area contributed by atoms with Gasteiger partial charge in [0.05, 0.1) is 25.9 Å². The Morgan fingerprint density at radius 2 is 1.81 bits per heavy atom. The van der Waals surface area contributed by atoms with Crippen LogP contribution in [0.3, 0.4) is 0 Å². The molecule has 1 aliphatic heterocycles. The van der Waals surface area contributed by atoms with Gasteiger partial charge in [0, 0.05) is 31.9 Å². The highest BCUT2D eigenvalue weighted by molar-refractivity contribution is 5.96. The van der Waals surface area contributed by atoms with Crippen LogP contribution in [0.4, 0.5) is 15.8 Å². The molecule has 0 spiro atoms. The van der Waals surface area contributed by atoms with E-state index in [4.69, 9.17) is 4.74 Å². The lowest BCUT2D eigenvalue weighted by Gasteiger charge is -2.23. The molecule has 3 rings (SSSR count). The summed E-state index contributed by atoms with van der Waals surface area (Å²) in [4.78, 5) is 28.8. The molecule has 8 heteroatoms. The van der Waals surface area contributed by atoms with E-state index in [1.807, 2.05) is 19.1 Å². The fraction of sp³-hybridized carbons (Fsp3) is 0.391. The number of hydrogen-bond acceptors (Lipinski definition) is 5. The van der Waals surface area contributed by atoms with Gasteiger partial charge in [-0.05, 0) is 55.3 Å². The number of aryl methyl sites for hydroxylation is 1. The Kier molecular flexibility index (Phi) is 7.83. The maximum Gasteiger partial charge on any atom is 0.243 e. The molecule has 2 aromatic rings. The van der Waals surface area contributed by atoms with Crippen LogP contribution in [0.5, 0.6) is 5.75 Å². The molecule has 2 amide bonds. The lowest BCUT2D eigenvalue weighted by atomic mass is 10.2. The lowest BCUT2D eigenvalue weighted by molar-refractivity contribution is -0.125. The fourth-order valence-corrected chi connectivity index (χ4v) is 3.59. The second-order valence-electron chi connectivity index (χ2n) is 7.62. The predicted molar refractivity (Wildman–Crippen MR) is 119 cm³/mol. The molecule has 1 aliphatic rings. The van der Waals surface area contributed by atoms with Crippen molar-refractivity contribution in [1.82, 2.24) is 10.2 Å². The number of methoxy groups -OCH3 is 1. The van der Waals surface area contributed by atoms with Crippen molar-refractivity contribution in [2.24, 2.45) is 0 Å². The van der Waals surface area contributed by atoms with E-state index in [0.717, 1.165) is 43.9 Å². The Morgan fingerprint density at radius 3 is 2.55 bits per heavy atom. The minimum Gasteiger partial charge on any atom is -0.495 e. The first-order chi connectivity index (χ1) is 14.9. The number of carbonyl (C=O) groups excluding carboxylic acids is 2. The highest BCUT2D eigenvalue weighted by atomic mass is 19.1. The topological polar surface area (TPSA) is 73.9 Å². The minimum absolute atomic E-state index is 0.106. The van der Waals surface area contributed by atoms with Crippen molar-refractivity contribution in [3.8, 4) is 5.75 Å². The average molecular weight is 429 g/mol. The Balaban J connectivity index is 1.44. The SMILES string of the molecule is COc1ccc(C)cc1NC(=O)CNC(=O)CN1CCCN(c2ccc(F)cc2)CC1. The zero-order valence-electron chi connectivity index (χ0n) is 18.0. The molecule has 0 aromatic heterocycles. The molecular formula is C23H29FN4O3. The van der Waals surface area contributed by atoms with Crippen LogP contribution in [0.1, 0.15) is 12.0 Å². The first-order valence-electron chi connectivity index (χ1n) is 10.4. The van der Waals surface area contributed by atoms with Gasteiger partial charge < -0.3 is 20.3 Å². The molecular weight excluding hydrogens is 399 g/mol. The van der Waals surface area contributed by atoms with Gasteiger partial charge in [-0.2, -0.15) is 0 Å². The highest BCUT2D eigenvalue weighted by Gasteiger charge is 2.18. The van der Waals surface area contributed by atoms with Crippen molar-refractivity contribution in [2.75, 3.05) is 56.6 Å². The van der Waals surface area contributed by atoms with Gasteiger partial charge in [-0.15, -0.1) is 0 Å². The Labute approximate surface area is 182 Å². The van der Waals surface area contributed by atoms with Crippen molar-refractivity contribution in [3.05, 3.63) is 53.8 Å². The average Bonchev–Trinajstić information content (AvgIpc) is 2.99. The molecule has 0 radical (unpaired) electrons. The van der Waals surface area contributed by atoms with Crippen LogP contribution < -0.4 is 20.3 Å². The molecule has 2 N–H and O–H groups in total. The van der Waals surface area contributed by atoms with E-state index in [0.29, 0.717) is 11.4 Å². The van der Waals surface area contributed by atoms with Gasteiger partial charge in [-0.3, -0.25) is 14.5 Å². The molecule has 0 bridgehead atoms. The van der Waals surface area contributed by atoms with Gasteiger partial charge in [0.15, 0.2) is 0 Å². The van der Waals surface area contributed by atoms with Crippen LogP contribution >= 0.6 is 0 Å². The van der Waals surface area contributed by atoms with Crippen molar-refractivity contribution >= 4 is 23.2 Å². The lowest BCUT2D eigenvalue weighted by Crippen LogP contribution is -2.41. The van der Waals surface area contributed by atoms with Crippen molar-refractivity contribution in [1.29, 1.82) is 0 Å². The number of hydrogen-bond donors (Lipinski definition) is 2. The number of nitrogens with one attached hydrogen (secondary N) is 2. The Bertz CT molecular complexity index is 904. The zero-order valence-corrected chi connectivity index (χ0v) is 18.0. The molecule has 1 heterocycles. The van der Waals surface area contributed by atoms with E-state index < -0.39 is 0 Å². The number of ether oxygens (including phenoxy) is 1. The number of nitrogens with zero attached hydrogens (tertiary/aromatic N) is 2. The van der Waals surface area contributed by atoms with E-state index in [-0.39, 0.29) is 30.7 Å². The molecule has 0 atom stereocenters. The monoisotopic (exact) mass is 428 g/mol. The van der Waals surface area contributed by atoms with Crippen LogP contribution in [0.2, 0.25) is 0 Å². The molecule has 1 fully saturated rings. The van der Waals surface area contributed by atoms with Crippen molar-refractivity contribution < 1.29 is 18.7 Å². The second-order valence-corrected chi connectivity index (χ2v) is 7.62. The van der Waals surface area contributed by atoms with Crippen molar-refractivity contribution in [2.45, 2.75) is 13.3 Å². The molecule has 2 aromatic carbocycles. The first-order valence-corrected chi connectivity index (χ1v) is 10.4. The molecule has 0 unspecified atom stereocenters. The van der Waals surface area contributed by atoms with Gasteiger partial charge >= 0.3 is 0 Å². The highest BCUT2D eigenvalue weighted by Crippen LogP contribution is 2.25. The number of anilines is 2. The van der Waals surface area contributed by atoms with Crippen LogP contribution in [0, 0.1) is 12.7 Å². The van der Waals surface area contributed by atoms with E-state index in [9.17, 15) is 14.0 Å². The van der Waals surface area contributed by atoms with Gasteiger partial charge in [0.2, 0.25) is 11.8 Å². The number of benzene rings is 2. The second kappa shape index (κ2) is 10.8. The van der Waals surface area contributed by atoms with Crippen LogP contribution in [-0.2, 0) is 9.59 Å². The third-order valence-corrected chi connectivity index (χ3v) is 5.22. The van der Waals surface area contributed by atoms with E-state index in [2.05, 4.69) is 20.4 Å². The summed E-state index contributed by atoms with van der Waals surface area (Å²) in [6.07, 6.45) is 0.901. The maximum absolute atomic E-state index is 13.1. The molecule has 1 saturated heterocycles. The third-order valence-electron chi connectivity index (χ3n) is 5.22. The number of halogens is 1. The van der Waals surface area contributed by atoms with Crippen LogP contribution in [0.15, 0.2) is 42.5 Å². The fourth-order valence-electron chi connectivity index (χ4n) is 3.59. The number of amides is 2. The summed E-state index contributed by atoms with van der Waals surface area (Å²) >= 11 is 0. The van der Waals surface area contributed by atoms with E-state index >= 15 is 0 Å². The molecule has 0 aliphatic carbocycles. The van der Waals surface area contributed by atoms with Crippen LogP contribution in [0.25, 0.3) is 0 Å². The molecule has 7 nitrogen and oxygen atoms in total. The summed E-state index contributed by atoms with van der Waals surface area (Å²) in [6.45, 7) is 5.17. The van der Waals surface area contributed by atoms with Gasteiger partial charge in [-0.1, -0.05) is 6.07 Å². The minimum atomic E-state index is -0.310. The third kappa shape index (κ3) is 6.68. The Morgan fingerprint density at radius 1 is 1.03 bits per heavy atom. The summed E-state index contributed by atoms with van der Waals surface area (Å²) in [7, 11) is 1.54. The summed E-state index contributed by atoms with van der Waals surface area (Å²) in [5.41, 5.74) is 2.56. The summed E-state index contributed by atoms with van der Waals surface area (Å²) in [5.74, 6) is -0.181. The molecule has 166 valence electrons. The predicted octanol–water partition coefficient (Wildman–Crippen LogP) is 2.41. The number of rotatable bonds is 7. The van der Waals surface area contributed by atoms with Gasteiger partial charge in [0.25, 0.3) is 0 Å². The standard InChI is InChI=1S/C23H29FN4O3/c1-17-4-9-21(31-2)20(14-17)26-22(29)15-25-23(30)16-27-10-3-11-28(13-12-27)19-7-5-18(24)6-8-19/h4-9,14H,3,10-13,15-16H2,1-2H3,(H,25,30)(H,26,29). The summed E-state index contributed by atoms with van der Waals surface area (Å²) in [6, 6.07) is 12.0.